The summed E-state index contributed by atoms with van der Waals surface area (Å²) in [6.45, 7) is 0.0876. The molecule has 1 aromatic carbocycles. The molecule has 7 nitrogen and oxygen atoms in total. The molecule has 8 heteroatoms. The molecule has 0 unspecified atom stereocenters. The monoisotopic (exact) mass is 333 g/mol. The summed E-state index contributed by atoms with van der Waals surface area (Å²) in [4.78, 5) is 4.13. The van der Waals surface area contributed by atoms with Crippen molar-refractivity contribution in [3.05, 3.63) is 47.8 Å². The Balaban J connectivity index is 1.41. The molecule has 1 saturated carbocycles. The predicted molar refractivity (Wildman–Crippen MR) is 82.0 cm³/mol. The minimum absolute atomic E-state index is 0.0876. The van der Waals surface area contributed by atoms with E-state index >= 15 is 0 Å². The van der Waals surface area contributed by atoms with Crippen molar-refractivity contribution in [2.75, 3.05) is 0 Å². The molecule has 0 radical (unpaired) electrons. The zero-order valence-electron chi connectivity index (χ0n) is 12.2. The van der Waals surface area contributed by atoms with Gasteiger partial charge in [0.05, 0.1) is 6.54 Å². The molecule has 3 aromatic rings. The van der Waals surface area contributed by atoms with E-state index in [1.807, 2.05) is 30.3 Å². The van der Waals surface area contributed by atoms with Crippen LogP contribution in [0.3, 0.4) is 0 Å². The van der Waals surface area contributed by atoms with Crippen LogP contribution in [0.2, 0.25) is 0 Å². The SMILES string of the molecule is O=S(=O)(Cc1noc(C2CC2)n1)NCc1cc2ccccc2o1. The Hall–Kier alpha value is -2.19. The van der Waals surface area contributed by atoms with Crippen molar-refractivity contribution in [3.8, 4) is 0 Å². The number of para-hydroxylation sites is 1. The van der Waals surface area contributed by atoms with Crippen molar-refractivity contribution in [2.45, 2.75) is 31.1 Å². The van der Waals surface area contributed by atoms with Gasteiger partial charge in [0, 0.05) is 11.3 Å². The van der Waals surface area contributed by atoms with E-state index in [-0.39, 0.29) is 18.1 Å². The van der Waals surface area contributed by atoms with Gasteiger partial charge in [-0.05, 0) is 25.0 Å². The molecule has 0 aliphatic heterocycles. The van der Waals surface area contributed by atoms with Crippen LogP contribution in [0, 0.1) is 0 Å². The van der Waals surface area contributed by atoms with Crippen LogP contribution in [0.1, 0.15) is 36.2 Å². The quantitative estimate of drug-likeness (QED) is 0.743. The minimum atomic E-state index is -3.56. The summed E-state index contributed by atoms with van der Waals surface area (Å²) in [5.74, 6) is 1.28. The number of nitrogens with one attached hydrogen (secondary N) is 1. The van der Waals surface area contributed by atoms with E-state index < -0.39 is 10.0 Å². The molecule has 1 N–H and O–H groups in total. The lowest BCUT2D eigenvalue weighted by Crippen LogP contribution is -2.25. The number of sulfonamides is 1. The van der Waals surface area contributed by atoms with Crippen LogP contribution in [0.5, 0.6) is 0 Å². The molecule has 1 fully saturated rings. The molecule has 4 rings (SSSR count). The lowest BCUT2D eigenvalue weighted by atomic mass is 10.2. The van der Waals surface area contributed by atoms with E-state index in [0.29, 0.717) is 17.6 Å². The summed E-state index contributed by atoms with van der Waals surface area (Å²) in [5, 5.41) is 4.66. The zero-order chi connectivity index (χ0) is 15.9. The molecule has 23 heavy (non-hydrogen) atoms. The average molecular weight is 333 g/mol. The third-order valence-corrected chi connectivity index (χ3v) is 4.89. The molecule has 0 saturated heterocycles. The van der Waals surface area contributed by atoms with Gasteiger partial charge in [-0.1, -0.05) is 23.4 Å². The van der Waals surface area contributed by atoms with Gasteiger partial charge in [-0.25, -0.2) is 13.1 Å². The molecular formula is C15H15N3O4S. The molecular weight excluding hydrogens is 318 g/mol. The van der Waals surface area contributed by atoms with Gasteiger partial charge in [0.1, 0.15) is 17.1 Å². The van der Waals surface area contributed by atoms with Gasteiger partial charge < -0.3 is 8.94 Å². The summed E-state index contributed by atoms with van der Waals surface area (Å²) in [6.07, 6.45) is 2.05. The van der Waals surface area contributed by atoms with Gasteiger partial charge in [-0.15, -0.1) is 0 Å². The highest BCUT2D eigenvalue weighted by Crippen LogP contribution is 2.38. The predicted octanol–water partition coefficient (Wildman–Crippen LogP) is 2.31. The number of aromatic nitrogens is 2. The van der Waals surface area contributed by atoms with Gasteiger partial charge in [0.25, 0.3) is 0 Å². The highest BCUT2D eigenvalue weighted by Gasteiger charge is 2.30. The van der Waals surface area contributed by atoms with Crippen molar-refractivity contribution >= 4 is 21.0 Å². The number of nitrogens with zero attached hydrogens (tertiary/aromatic N) is 2. The Labute approximate surface area is 132 Å². The lowest BCUT2D eigenvalue weighted by molar-refractivity contribution is 0.375. The van der Waals surface area contributed by atoms with E-state index in [1.165, 1.54) is 0 Å². The molecule has 1 aliphatic carbocycles. The van der Waals surface area contributed by atoms with Crippen LogP contribution in [0.25, 0.3) is 11.0 Å². The summed E-state index contributed by atoms with van der Waals surface area (Å²) in [6, 6.07) is 9.34. The normalized spacial score (nSPS) is 15.3. The molecule has 120 valence electrons. The first kappa shape index (κ1) is 14.4. The van der Waals surface area contributed by atoms with Crippen LogP contribution >= 0.6 is 0 Å². The van der Waals surface area contributed by atoms with Crippen LogP contribution in [-0.4, -0.2) is 18.6 Å². The lowest BCUT2D eigenvalue weighted by Gasteiger charge is -2.02. The standard InChI is InChI=1S/C15H15N3O4S/c19-23(20,9-14-17-15(22-18-14)10-5-6-10)16-8-12-7-11-3-1-2-4-13(11)21-12/h1-4,7,10,16H,5-6,8-9H2. The highest BCUT2D eigenvalue weighted by molar-refractivity contribution is 7.88. The minimum Gasteiger partial charge on any atom is -0.460 e. The summed E-state index contributed by atoms with van der Waals surface area (Å²) in [5.41, 5.74) is 0.731. The van der Waals surface area contributed by atoms with E-state index in [2.05, 4.69) is 14.9 Å². The fraction of sp³-hybridized carbons (Fsp3) is 0.333. The van der Waals surface area contributed by atoms with Crippen molar-refractivity contribution in [1.29, 1.82) is 0 Å². The fourth-order valence-electron chi connectivity index (χ4n) is 2.35. The van der Waals surface area contributed by atoms with Gasteiger partial charge in [0.15, 0.2) is 5.82 Å². The van der Waals surface area contributed by atoms with Crippen molar-refractivity contribution in [2.24, 2.45) is 0 Å². The summed E-state index contributed by atoms with van der Waals surface area (Å²) in [7, 11) is -3.56. The maximum Gasteiger partial charge on any atom is 0.229 e. The first-order valence-corrected chi connectivity index (χ1v) is 9.01. The Morgan fingerprint density at radius 1 is 1.26 bits per heavy atom. The van der Waals surface area contributed by atoms with Crippen LogP contribution in [-0.2, 0) is 22.3 Å². The van der Waals surface area contributed by atoms with Crippen molar-refractivity contribution in [1.82, 2.24) is 14.9 Å². The number of hydrogen-bond acceptors (Lipinski definition) is 6. The largest absolute Gasteiger partial charge is 0.460 e. The molecule has 0 spiro atoms. The van der Waals surface area contributed by atoms with Crippen LogP contribution < -0.4 is 4.72 Å². The fourth-order valence-corrected chi connectivity index (χ4v) is 3.27. The molecule has 0 amide bonds. The van der Waals surface area contributed by atoms with E-state index in [0.717, 1.165) is 23.8 Å². The second-order valence-electron chi connectivity index (χ2n) is 5.65. The third kappa shape index (κ3) is 3.27. The maximum absolute atomic E-state index is 12.1. The molecule has 2 aromatic heterocycles. The van der Waals surface area contributed by atoms with Crippen molar-refractivity contribution < 1.29 is 17.4 Å². The van der Waals surface area contributed by atoms with E-state index in [9.17, 15) is 8.42 Å². The second kappa shape index (κ2) is 5.47. The van der Waals surface area contributed by atoms with Crippen LogP contribution in [0.15, 0.2) is 39.3 Å². The highest BCUT2D eigenvalue weighted by atomic mass is 32.2. The first-order valence-electron chi connectivity index (χ1n) is 7.36. The first-order chi connectivity index (χ1) is 11.1. The van der Waals surface area contributed by atoms with Gasteiger partial charge in [-0.3, -0.25) is 0 Å². The molecule has 1 aliphatic rings. The number of hydrogen-bond donors (Lipinski definition) is 1. The third-order valence-electron chi connectivity index (χ3n) is 3.67. The number of rotatable bonds is 6. The Bertz CT molecular complexity index is 907. The summed E-state index contributed by atoms with van der Waals surface area (Å²) < 4.78 is 37.4. The van der Waals surface area contributed by atoms with Crippen LogP contribution in [0.4, 0.5) is 0 Å². The molecule has 2 heterocycles. The van der Waals surface area contributed by atoms with Gasteiger partial charge in [0.2, 0.25) is 15.9 Å². The summed E-state index contributed by atoms with van der Waals surface area (Å²) >= 11 is 0. The van der Waals surface area contributed by atoms with Gasteiger partial charge in [-0.2, -0.15) is 4.98 Å². The molecule has 0 atom stereocenters. The average Bonchev–Trinajstić information content (AvgIpc) is 3.12. The Kier molecular flexibility index (Phi) is 3.42. The second-order valence-corrected chi connectivity index (χ2v) is 7.46. The number of furan rings is 1. The van der Waals surface area contributed by atoms with Gasteiger partial charge >= 0.3 is 0 Å². The topological polar surface area (TPSA) is 98.2 Å². The maximum atomic E-state index is 12.1. The zero-order valence-corrected chi connectivity index (χ0v) is 13.0. The number of benzene rings is 1. The Morgan fingerprint density at radius 3 is 2.87 bits per heavy atom. The van der Waals surface area contributed by atoms with E-state index in [1.54, 1.807) is 0 Å². The van der Waals surface area contributed by atoms with E-state index in [4.69, 9.17) is 8.94 Å². The number of fused-ring (bicyclic) bond motifs is 1. The smallest absolute Gasteiger partial charge is 0.229 e. The van der Waals surface area contributed by atoms with Crippen molar-refractivity contribution in [3.63, 3.8) is 0 Å². The Morgan fingerprint density at radius 2 is 2.09 bits per heavy atom. The molecule has 0 bridgehead atoms.